The number of halogens is 1. The third-order valence-electron chi connectivity index (χ3n) is 5.43. The highest BCUT2D eigenvalue weighted by Gasteiger charge is 2.09. The number of carbonyl (C=O) groups excluding carboxylic acids is 1. The minimum atomic E-state index is -0.282. The molecule has 0 spiro atoms. The molecule has 2 amide bonds. The van der Waals surface area contributed by atoms with Gasteiger partial charge < -0.3 is 10.2 Å². The van der Waals surface area contributed by atoms with Crippen LogP contribution in [-0.2, 0) is 12.8 Å². The highest BCUT2D eigenvalue weighted by atomic mass is 19.1. The van der Waals surface area contributed by atoms with Crippen LogP contribution in [0.1, 0.15) is 17.7 Å². The molecule has 0 aliphatic carbocycles. The monoisotopic (exact) mass is 446 g/mol. The standard InChI is InChI=1S/C25H27FN6O/c1-31(15-3-7-22-18-24(30-29-22)20-5-2-6-21(26)17-20)25(33)27-14-12-19-8-10-23(11-9-19)32-16-4-13-28-32/h2,4-6,8-11,13,16-18H,3,7,12,14-15H2,1H3,(H,27,33)(H,29,30). The van der Waals surface area contributed by atoms with Crippen LogP contribution < -0.4 is 5.32 Å². The van der Waals surface area contributed by atoms with Gasteiger partial charge in [-0.15, -0.1) is 0 Å². The molecule has 0 unspecified atom stereocenters. The number of rotatable bonds is 9. The number of nitrogens with zero attached hydrogens (tertiary/aromatic N) is 4. The fourth-order valence-electron chi connectivity index (χ4n) is 3.58. The molecule has 2 N–H and O–H groups in total. The van der Waals surface area contributed by atoms with E-state index in [0.29, 0.717) is 18.8 Å². The van der Waals surface area contributed by atoms with Gasteiger partial charge in [-0.25, -0.2) is 13.9 Å². The molecule has 4 rings (SSSR count). The number of aromatic nitrogens is 4. The van der Waals surface area contributed by atoms with Gasteiger partial charge in [-0.05, 0) is 61.2 Å². The van der Waals surface area contributed by atoms with E-state index < -0.39 is 0 Å². The molecule has 0 fully saturated rings. The Bertz CT molecular complexity index is 1170. The predicted octanol–water partition coefficient (Wildman–Crippen LogP) is 4.22. The summed E-state index contributed by atoms with van der Waals surface area (Å²) in [6, 6.07) is 18.2. The van der Waals surface area contributed by atoms with Gasteiger partial charge in [-0.3, -0.25) is 5.10 Å². The van der Waals surface area contributed by atoms with E-state index in [-0.39, 0.29) is 11.8 Å². The molecule has 0 saturated heterocycles. The van der Waals surface area contributed by atoms with Gasteiger partial charge in [-0.2, -0.15) is 10.2 Å². The maximum atomic E-state index is 13.4. The van der Waals surface area contributed by atoms with Crippen LogP contribution in [0.4, 0.5) is 9.18 Å². The highest BCUT2D eigenvalue weighted by molar-refractivity contribution is 5.73. The second kappa shape index (κ2) is 10.6. The number of H-pyrrole nitrogens is 1. The number of hydrogen-bond acceptors (Lipinski definition) is 3. The van der Waals surface area contributed by atoms with Crippen LogP contribution in [0.2, 0.25) is 0 Å². The van der Waals surface area contributed by atoms with E-state index in [1.807, 2.05) is 41.2 Å². The lowest BCUT2D eigenvalue weighted by Gasteiger charge is -2.17. The number of aromatic amines is 1. The van der Waals surface area contributed by atoms with Crippen LogP contribution in [0.25, 0.3) is 16.9 Å². The van der Waals surface area contributed by atoms with Crippen molar-refractivity contribution in [1.82, 2.24) is 30.2 Å². The van der Waals surface area contributed by atoms with Gasteiger partial charge in [0.25, 0.3) is 0 Å². The van der Waals surface area contributed by atoms with Crippen molar-refractivity contribution < 1.29 is 9.18 Å². The normalized spacial score (nSPS) is 10.8. The zero-order chi connectivity index (χ0) is 23.0. The van der Waals surface area contributed by atoms with Gasteiger partial charge in [-0.1, -0.05) is 24.3 Å². The topological polar surface area (TPSA) is 78.8 Å². The summed E-state index contributed by atoms with van der Waals surface area (Å²) >= 11 is 0. The molecular formula is C25H27FN6O. The molecule has 0 bridgehead atoms. The smallest absolute Gasteiger partial charge is 0.317 e. The van der Waals surface area contributed by atoms with E-state index in [0.717, 1.165) is 41.8 Å². The van der Waals surface area contributed by atoms with Crippen molar-refractivity contribution in [3.05, 3.63) is 90.1 Å². The van der Waals surface area contributed by atoms with Crippen LogP contribution in [0.5, 0.6) is 0 Å². The number of benzene rings is 2. The highest BCUT2D eigenvalue weighted by Crippen LogP contribution is 2.19. The Morgan fingerprint density at radius 3 is 2.73 bits per heavy atom. The number of amides is 2. The average molecular weight is 447 g/mol. The number of nitrogens with one attached hydrogen (secondary N) is 2. The van der Waals surface area contributed by atoms with E-state index >= 15 is 0 Å². The third kappa shape index (κ3) is 6.06. The van der Waals surface area contributed by atoms with Crippen molar-refractivity contribution in [2.45, 2.75) is 19.3 Å². The number of hydrogen-bond donors (Lipinski definition) is 2. The zero-order valence-corrected chi connectivity index (χ0v) is 18.5. The predicted molar refractivity (Wildman–Crippen MR) is 126 cm³/mol. The Morgan fingerprint density at radius 1 is 1.12 bits per heavy atom. The molecule has 0 radical (unpaired) electrons. The quantitative estimate of drug-likeness (QED) is 0.404. The summed E-state index contributed by atoms with van der Waals surface area (Å²) in [5.74, 6) is -0.282. The molecule has 2 aromatic carbocycles. The molecule has 2 aromatic heterocycles. The SMILES string of the molecule is CN(CCCc1cc(-c2cccc(F)c2)n[nH]1)C(=O)NCCc1ccc(-n2cccn2)cc1. The largest absolute Gasteiger partial charge is 0.338 e. The fourth-order valence-corrected chi connectivity index (χ4v) is 3.58. The van der Waals surface area contributed by atoms with Crippen molar-refractivity contribution in [3.8, 4) is 16.9 Å². The second-order valence-electron chi connectivity index (χ2n) is 7.91. The molecule has 0 aliphatic rings. The minimum absolute atomic E-state index is 0.0896. The second-order valence-corrected chi connectivity index (χ2v) is 7.91. The molecular weight excluding hydrogens is 419 g/mol. The molecule has 4 aromatic rings. The Hall–Kier alpha value is -3.94. The van der Waals surface area contributed by atoms with Crippen molar-refractivity contribution in [1.29, 1.82) is 0 Å². The first-order valence-corrected chi connectivity index (χ1v) is 11.0. The maximum absolute atomic E-state index is 13.4. The summed E-state index contributed by atoms with van der Waals surface area (Å²) in [5.41, 5.74) is 4.58. The van der Waals surface area contributed by atoms with E-state index in [4.69, 9.17) is 0 Å². The fraction of sp³-hybridized carbons (Fsp3) is 0.240. The Morgan fingerprint density at radius 2 is 1.97 bits per heavy atom. The van der Waals surface area contributed by atoms with Gasteiger partial charge >= 0.3 is 6.03 Å². The van der Waals surface area contributed by atoms with Crippen molar-refractivity contribution in [2.75, 3.05) is 20.1 Å². The Kier molecular flexibility index (Phi) is 7.14. The van der Waals surface area contributed by atoms with Gasteiger partial charge in [0, 0.05) is 43.8 Å². The number of aryl methyl sites for hydroxylation is 1. The summed E-state index contributed by atoms with van der Waals surface area (Å²) < 4.78 is 15.2. The van der Waals surface area contributed by atoms with Crippen LogP contribution in [-0.4, -0.2) is 51.0 Å². The molecule has 0 saturated carbocycles. The molecule has 2 heterocycles. The first-order chi connectivity index (χ1) is 16.1. The van der Waals surface area contributed by atoms with Crippen LogP contribution in [0.15, 0.2) is 73.1 Å². The van der Waals surface area contributed by atoms with Crippen molar-refractivity contribution in [3.63, 3.8) is 0 Å². The molecule has 0 atom stereocenters. The minimum Gasteiger partial charge on any atom is -0.338 e. The lowest BCUT2D eigenvalue weighted by molar-refractivity contribution is 0.208. The van der Waals surface area contributed by atoms with Crippen LogP contribution in [0, 0.1) is 5.82 Å². The molecule has 0 aliphatic heterocycles. The van der Waals surface area contributed by atoms with Crippen molar-refractivity contribution in [2.24, 2.45) is 0 Å². The summed E-state index contributed by atoms with van der Waals surface area (Å²) in [7, 11) is 1.79. The van der Waals surface area contributed by atoms with E-state index in [9.17, 15) is 9.18 Å². The summed E-state index contributed by atoms with van der Waals surface area (Å²) in [6.45, 7) is 1.19. The summed E-state index contributed by atoms with van der Waals surface area (Å²) in [6.07, 6.45) is 5.96. The number of urea groups is 1. The summed E-state index contributed by atoms with van der Waals surface area (Å²) in [4.78, 5) is 14.0. The Labute approximate surface area is 192 Å². The maximum Gasteiger partial charge on any atom is 0.317 e. The molecule has 7 nitrogen and oxygen atoms in total. The van der Waals surface area contributed by atoms with Gasteiger partial charge in [0.1, 0.15) is 5.82 Å². The van der Waals surface area contributed by atoms with E-state index in [1.165, 1.54) is 12.1 Å². The zero-order valence-electron chi connectivity index (χ0n) is 18.5. The lowest BCUT2D eigenvalue weighted by atomic mass is 10.1. The van der Waals surface area contributed by atoms with Crippen LogP contribution >= 0.6 is 0 Å². The Balaban J connectivity index is 1.16. The van der Waals surface area contributed by atoms with Crippen molar-refractivity contribution >= 4 is 6.03 Å². The van der Waals surface area contributed by atoms with Crippen LogP contribution in [0.3, 0.4) is 0 Å². The summed E-state index contributed by atoms with van der Waals surface area (Å²) in [5, 5.41) is 14.4. The first-order valence-electron chi connectivity index (χ1n) is 11.0. The number of carbonyl (C=O) groups is 1. The molecule has 33 heavy (non-hydrogen) atoms. The lowest BCUT2D eigenvalue weighted by Crippen LogP contribution is -2.38. The molecule has 170 valence electrons. The first kappa shape index (κ1) is 22.3. The average Bonchev–Trinajstić information content (AvgIpc) is 3.52. The van der Waals surface area contributed by atoms with E-state index in [1.54, 1.807) is 24.2 Å². The third-order valence-corrected chi connectivity index (χ3v) is 5.43. The van der Waals surface area contributed by atoms with Gasteiger partial charge in [0.2, 0.25) is 0 Å². The van der Waals surface area contributed by atoms with Gasteiger partial charge in [0.05, 0.1) is 11.4 Å². The van der Waals surface area contributed by atoms with Gasteiger partial charge in [0.15, 0.2) is 0 Å². The van der Waals surface area contributed by atoms with E-state index in [2.05, 4.69) is 32.7 Å². The molecule has 8 heteroatoms.